The van der Waals surface area contributed by atoms with Crippen molar-refractivity contribution in [2.24, 2.45) is 5.41 Å². The third-order valence-corrected chi connectivity index (χ3v) is 4.20. The van der Waals surface area contributed by atoms with E-state index in [2.05, 4.69) is 0 Å². The zero-order valence-corrected chi connectivity index (χ0v) is 13.8. The Morgan fingerprint density at radius 1 is 1.00 bits per heavy atom. The van der Waals surface area contributed by atoms with E-state index in [0.29, 0.717) is 17.6 Å². The molecule has 122 valence electrons. The van der Waals surface area contributed by atoms with E-state index in [9.17, 15) is 14.7 Å². The van der Waals surface area contributed by atoms with Gasteiger partial charge in [0.25, 0.3) is 0 Å². The number of hydrogen-bond acceptors (Lipinski definition) is 3. The van der Waals surface area contributed by atoms with Crippen LogP contribution in [0.4, 0.5) is 0 Å². The average Bonchev–Trinajstić information content (AvgIpc) is 2.55. The molecule has 0 amide bonds. The number of benzene rings is 1. The van der Waals surface area contributed by atoms with Crippen LogP contribution in [0.15, 0.2) is 48.1 Å². The van der Waals surface area contributed by atoms with Crippen molar-refractivity contribution in [2.45, 2.75) is 39.5 Å². The maximum Gasteiger partial charge on any atom is 0.189 e. The fraction of sp³-hybridized carbons (Fsp3) is 0.400. The predicted molar refractivity (Wildman–Crippen MR) is 91.9 cm³/mol. The lowest BCUT2D eigenvalue weighted by Crippen LogP contribution is -2.16. The second kappa shape index (κ2) is 7.51. The summed E-state index contributed by atoms with van der Waals surface area (Å²) in [6.45, 7) is 4.21. The molecule has 3 heteroatoms. The van der Waals surface area contributed by atoms with E-state index in [0.717, 1.165) is 24.8 Å². The van der Waals surface area contributed by atoms with Gasteiger partial charge in [-0.1, -0.05) is 50.6 Å². The fourth-order valence-corrected chi connectivity index (χ4v) is 2.68. The Kier molecular flexibility index (Phi) is 5.67. The van der Waals surface area contributed by atoms with Crippen molar-refractivity contribution in [1.29, 1.82) is 0 Å². The smallest absolute Gasteiger partial charge is 0.189 e. The first kappa shape index (κ1) is 17.4. The van der Waals surface area contributed by atoms with Crippen LogP contribution in [0.5, 0.6) is 0 Å². The molecule has 0 bridgehead atoms. The lowest BCUT2D eigenvalue weighted by Gasteiger charge is -2.21. The van der Waals surface area contributed by atoms with Crippen LogP contribution in [0.25, 0.3) is 5.57 Å². The molecule has 1 aliphatic carbocycles. The molecule has 1 aromatic rings. The molecule has 1 aliphatic rings. The van der Waals surface area contributed by atoms with Crippen molar-refractivity contribution < 1.29 is 14.7 Å². The highest BCUT2D eigenvalue weighted by molar-refractivity contribution is 6.36. The Morgan fingerprint density at radius 2 is 1.70 bits per heavy atom. The molecule has 0 fully saturated rings. The number of carbonyl (C=O) groups excluding carboxylic acids is 2. The summed E-state index contributed by atoms with van der Waals surface area (Å²) in [5.41, 5.74) is 1.79. The molecule has 0 radical (unpaired) electrons. The monoisotopic (exact) mass is 312 g/mol. The topological polar surface area (TPSA) is 54.4 Å². The standard InChI is InChI=1S/C20H24O3/c1-20(2,14-21)11-7-6-10-16-12-17(22)13-18(19(16)23)15-8-4-3-5-9-15/h3-5,8-9,12-13,21H,6-7,10-11,14H2,1-2H3. The van der Waals surface area contributed by atoms with Gasteiger partial charge in [-0.15, -0.1) is 0 Å². The minimum absolute atomic E-state index is 0.0442. The Labute approximate surface area is 137 Å². The summed E-state index contributed by atoms with van der Waals surface area (Å²) in [6, 6.07) is 9.32. The van der Waals surface area contributed by atoms with Gasteiger partial charge in [-0.3, -0.25) is 9.59 Å². The lowest BCUT2D eigenvalue weighted by atomic mass is 9.85. The van der Waals surface area contributed by atoms with Crippen LogP contribution in [-0.2, 0) is 9.59 Å². The van der Waals surface area contributed by atoms with Crippen LogP contribution >= 0.6 is 0 Å². The molecule has 3 nitrogen and oxygen atoms in total. The number of Topliss-reactive ketones (excluding diaryl/α,β-unsaturated/α-hetero) is 1. The Hall–Kier alpha value is -2.00. The van der Waals surface area contributed by atoms with Crippen molar-refractivity contribution in [1.82, 2.24) is 0 Å². The van der Waals surface area contributed by atoms with Gasteiger partial charge in [0.05, 0.1) is 0 Å². The molecule has 0 saturated heterocycles. The highest BCUT2D eigenvalue weighted by atomic mass is 16.3. The van der Waals surface area contributed by atoms with E-state index in [1.807, 2.05) is 44.2 Å². The second-order valence-corrected chi connectivity index (χ2v) is 6.85. The van der Waals surface area contributed by atoms with Gasteiger partial charge in [0.2, 0.25) is 0 Å². The summed E-state index contributed by atoms with van der Waals surface area (Å²) in [7, 11) is 0. The molecule has 0 aliphatic heterocycles. The van der Waals surface area contributed by atoms with Gasteiger partial charge in [0.15, 0.2) is 11.6 Å². The number of hydrogen-bond donors (Lipinski definition) is 1. The molecule has 0 saturated carbocycles. The van der Waals surface area contributed by atoms with Crippen molar-refractivity contribution in [3.05, 3.63) is 53.6 Å². The van der Waals surface area contributed by atoms with Crippen LogP contribution in [0.2, 0.25) is 0 Å². The molecule has 1 N–H and O–H groups in total. The lowest BCUT2D eigenvalue weighted by molar-refractivity contribution is -0.114. The number of allylic oxidation sites excluding steroid dienone is 4. The van der Waals surface area contributed by atoms with Crippen molar-refractivity contribution in [3.63, 3.8) is 0 Å². The summed E-state index contributed by atoms with van der Waals surface area (Å²) in [5, 5.41) is 9.26. The average molecular weight is 312 g/mol. The second-order valence-electron chi connectivity index (χ2n) is 6.85. The van der Waals surface area contributed by atoms with Gasteiger partial charge in [-0.05, 0) is 42.4 Å². The van der Waals surface area contributed by atoms with Crippen molar-refractivity contribution in [2.75, 3.05) is 6.61 Å². The maximum absolute atomic E-state index is 12.6. The molecule has 0 heterocycles. The molecule has 0 unspecified atom stereocenters. The number of unbranched alkanes of at least 4 members (excludes halogenated alkanes) is 1. The van der Waals surface area contributed by atoms with Crippen molar-refractivity contribution >= 4 is 17.1 Å². The zero-order chi connectivity index (χ0) is 16.9. The van der Waals surface area contributed by atoms with E-state index >= 15 is 0 Å². The number of rotatable bonds is 7. The van der Waals surface area contributed by atoms with Crippen LogP contribution < -0.4 is 0 Å². The Morgan fingerprint density at radius 3 is 2.35 bits per heavy atom. The normalized spacial score (nSPS) is 15.4. The summed E-state index contributed by atoms with van der Waals surface area (Å²) >= 11 is 0. The van der Waals surface area contributed by atoms with Gasteiger partial charge in [0, 0.05) is 17.8 Å². The fourth-order valence-electron chi connectivity index (χ4n) is 2.68. The van der Waals surface area contributed by atoms with E-state index in [-0.39, 0.29) is 23.6 Å². The van der Waals surface area contributed by atoms with Gasteiger partial charge in [-0.25, -0.2) is 0 Å². The van der Waals surface area contributed by atoms with Crippen LogP contribution in [0, 0.1) is 5.41 Å². The number of ketones is 2. The molecular weight excluding hydrogens is 288 g/mol. The van der Waals surface area contributed by atoms with Gasteiger partial charge >= 0.3 is 0 Å². The summed E-state index contributed by atoms with van der Waals surface area (Å²) in [6.07, 6.45) is 6.17. The summed E-state index contributed by atoms with van der Waals surface area (Å²) in [5.74, 6) is -0.161. The van der Waals surface area contributed by atoms with Gasteiger partial charge in [-0.2, -0.15) is 0 Å². The van der Waals surface area contributed by atoms with E-state index in [1.54, 1.807) is 0 Å². The van der Waals surface area contributed by atoms with Crippen LogP contribution in [0.1, 0.15) is 45.1 Å². The molecule has 0 aromatic heterocycles. The zero-order valence-electron chi connectivity index (χ0n) is 13.8. The Balaban J connectivity index is 1.98. The van der Waals surface area contributed by atoms with E-state index in [1.165, 1.54) is 12.2 Å². The van der Waals surface area contributed by atoms with Gasteiger partial charge < -0.3 is 5.11 Å². The van der Waals surface area contributed by atoms with Gasteiger partial charge in [0.1, 0.15) is 0 Å². The molecular formula is C20H24O3. The SMILES string of the molecule is CC(C)(CO)CCCCC1=CC(=O)C=C(c2ccccc2)C1=O. The first-order chi connectivity index (χ1) is 10.9. The number of aliphatic hydroxyl groups is 1. The highest BCUT2D eigenvalue weighted by Gasteiger charge is 2.23. The summed E-state index contributed by atoms with van der Waals surface area (Å²) < 4.78 is 0. The first-order valence-electron chi connectivity index (χ1n) is 8.10. The molecule has 23 heavy (non-hydrogen) atoms. The van der Waals surface area contributed by atoms with Crippen LogP contribution in [-0.4, -0.2) is 23.3 Å². The molecule has 0 spiro atoms. The van der Waals surface area contributed by atoms with E-state index in [4.69, 9.17) is 0 Å². The largest absolute Gasteiger partial charge is 0.396 e. The van der Waals surface area contributed by atoms with Crippen LogP contribution in [0.3, 0.4) is 0 Å². The maximum atomic E-state index is 12.6. The number of aliphatic hydroxyl groups excluding tert-OH is 1. The number of carbonyl (C=O) groups is 2. The summed E-state index contributed by atoms with van der Waals surface area (Å²) in [4.78, 5) is 24.5. The minimum Gasteiger partial charge on any atom is -0.396 e. The molecule has 2 rings (SSSR count). The Bertz CT molecular complexity index is 636. The molecule has 0 atom stereocenters. The third kappa shape index (κ3) is 4.73. The third-order valence-electron chi connectivity index (χ3n) is 4.20. The first-order valence-corrected chi connectivity index (χ1v) is 8.10. The minimum atomic E-state index is -0.117. The predicted octanol–water partition coefficient (Wildman–Crippen LogP) is 3.73. The van der Waals surface area contributed by atoms with Crippen molar-refractivity contribution in [3.8, 4) is 0 Å². The quantitative estimate of drug-likeness (QED) is 0.616. The van der Waals surface area contributed by atoms with E-state index < -0.39 is 0 Å². The highest BCUT2D eigenvalue weighted by Crippen LogP contribution is 2.27. The molecule has 1 aromatic carbocycles.